The van der Waals surface area contributed by atoms with Crippen LogP contribution < -0.4 is 0 Å². The van der Waals surface area contributed by atoms with E-state index in [0.29, 0.717) is 17.4 Å². The lowest BCUT2D eigenvalue weighted by molar-refractivity contribution is -0.163. The Hall–Kier alpha value is -3.23. The Morgan fingerprint density at radius 2 is 1.61 bits per heavy atom. The second-order valence-corrected chi connectivity index (χ2v) is 11.1. The number of nitrogens with zero attached hydrogens (tertiary/aromatic N) is 2. The van der Waals surface area contributed by atoms with Gasteiger partial charge in [-0.1, -0.05) is 54.6 Å². The van der Waals surface area contributed by atoms with Crippen LogP contribution >= 0.6 is 15.9 Å². The highest BCUT2D eigenvalue weighted by Gasteiger charge is 2.51. The molecule has 1 aliphatic carbocycles. The molecule has 3 aromatic rings. The van der Waals surface area contributed by atoms with Gasteiger partial charge in [-0.3, -0.25) is 0 Å². The summed E-state index contributed by atoms with van der Waals surface area (Å²) >= 11 is 3.54. The first kappa shape index (κ1) is 25.1. The first-order valence-electron chi connectivity index (χ1n) is 13.1. The molecule has 2 unspecified atom stereocenters. The van der Waals surface area contributed by atoms with Crippen LogP contribution in [0, 0.1) is 0 Å². The Kier molecular flexibility index (Phi) is 6.70. The van der Waals surface area contributed by atoms with Crippen molar-refractivity contribution in [3.63, 3.8) is 0 Å². The molecule has 3 aliphatic rings. The molecule has 3 heterocycles. The minimum Gasteiger partial charge on any atom is -0.480 e. The minimum atomic E-state index is -1.02. The molecule has 2 aromatic carbocycles. The van der Waals surface area contributed by atoms with Gasteiger partial charge in [0, 0.05) is 42.6 Å². The normalized spacial score (nSPS) is 24.0. The van der Waals surface area contributed by atoms with Crippen molar-refractivity contribution in [2.45, 2.75) is 55.7 Å². The van der Waals surface area contributed by atoms with Gasteiger partial charge in [-0.15, -0.1) is 0 Å². The molecule has 196 valence electrons. The highest BCUT2D eigenvalue weighted by molar-refractivity contribution is 9.10. The van der Waals surface area contributed by atoms with Crippen molar-refractivity contribution in [2.75, 3.05) is 13.2 Å². The first-order valence-corrected chi connectivity index (χ1v) is 13.9. The zero-order valence-electron chi connectivity index (χ0n) is 20.9. The van der Waals surface area contributed by atoms with Crippen molar-refractivity contribution in [1.29, 1.82) is 0 Å². The van der Waals surface area contributed by atoms with Crippen molar-refractivity contribution in [2.24, 2.45) is 0 Å². The molecule has 2 atom stereocenters. The molecule has 8 heteroatoms. The maximum atomic E-state index is 13.6. The summed E-state index contributed by atoms with van der Waals surface area (Å²) in [6, 6.07) is 20.2. The van der Waals surface area contributed by atoms with Crippen LogP contribution in [0.5, 0.6) is 0 Å². The Bertz CT molecular complexity index is 1320. The summed E-state index contributed by atoms with van der Waals surface area (Å²) < 4.78 is 12.8. The van der Waals surface area contributed by atoms with Gasteiger partial charge in [0.2, 0.25) is 0 Å². The molecule has 1 N–H and O–H groups in total. The molecule has 0 spiro atoms. The van der Waals surface area contributed by atoms with Crippen LogP contribution in [0.25, 0.3) is 11.1 Å². The fraction of sp³-hybridized carbons (Fsp3) is 0.367. The molecule has 1 aromatic heterocycles. The maximum absolute atomic E-state index is 13.6. The van der Waals surface area contributed by atoms with Crippen molar-refractivity contribution < 1.29 is 24.2 Å². The highest BCUT2D eigenvalue weighted by Crippen LogP contribution is 2.49. The number of ether oxygens (including phenoxy) is 2. The van der Waals surface area contributed by atoms with Gasteiger partial charge in [-0.05, 0) is 63.5 Å². The van der Waals surface area contributed by atoms with E-state index in [1.165, 1.54) is 22.3 Å². The number of halogens is 1. The van der Waals surface area contributed by atoms with E-state index in [-0.39, 0.29) is 30.7 Å². The first-order chi connectivity index (χ1) is 18.5. The standard InChI is InChI=1S/C30H29BrN2O5/c31-28-26(13-6-14-32-28)30(38-18-27(34)35)15-19-7-5-8-20(16-30)33(19)29(36)37-17-25-23-11-3-1-9-21(23)22-10-2-4-12-24(22)25/h1-4,6,9-14,19-20,25H,5,7-8,15-18H2,(H,34,35). The van der Waals surface area contributed by atoms with Gasteiger partial charge in [-0.25, -0.2) is 14.6 Å². The lowest BCUT2D eigenvalue weighted by Crippen LogP contribution is -2.60. The van der Waals surface area contributed by atoms with E-state index in [4.69, 9.17) is 9.47 Å². The second kappa shape index (κ2) is 10.2. The minimum absolute atomic E-state index is 0.000297. The predicted octanol–water partition coefficient (Wildman–Crippen LogP) is 6.11. The van der Waals surface area contributed by atoms with Gasteiger partial charge < -0.3 is 19.5 Å². The molecule has 2 saturated heterocycles. The number of piperidine rings is 2. The number of rotatable bonds is 6. The summed E-state index contributed by atoms with van der Waals surface area (Å²) in [7, 11) is 0. The lowest BCUT2D eigenvalue weighted by atomic mass is 9.72. The van der Waals surface area contributed by atoms with Crippen molar-refractivity contribution >= 4 is 28.0 Å². The Morgan fingerprint density at radius 1 is 0.974 bits per heavy atom. The zero-order chi connectivity index (χ0) is 26.3. The third-order valence-corrected chi connectivity index (χ3v) is 8.89. The van der Waals surface area contributed by atoms with Crippen LogP contribution in [-0.4, -0.2) is 52.4 Å². The number of fused-ring (bicyclic) bond motifs is 5. The SMILES string of the molecule is O=C(O)COC1(c2cccnc2Br)CC2CCCC(C1)N2C(=O)OCC1c2ccccc2-c2ccccc21. The van der Waals surface area contributed by atoms with Crippen molar-refractivity contribution in [3.8, 4) is 11.1 Å². The third kappa shape index (κ3) is 4.39. The molecular formula is C30H29BrN2O5. The number of pyridine rings is 1. The fourth-order valence-electron chi connectivity index (χ4n) is 6.72. The van der Waals surface area contributed by atoms with Crippen LogP contribution in [0.1, 0.15) is 54.7 Å². The zero-order valence-corrected chi connectivity index (χ0v) is 22.5. The molecule has 0 saturated carbocycles. The predicted molar refractivity (Wildman–Crippen MR) is 145 cm³/mol. The number of hydrogen-bond donors (Lipinski definition) is 1. The van der Waals surface area contributed by atoms with Crippen LogP contribution in [0.4, 0.5) is 4.79 Å². The van der Waals surface area contributed by atoms with Crippen LogP contribution in [-0.2, 0) is 19.9 Å². The number of carbonyl (C=O) groups excluding carboxylic acids is 1. The van der Waals surface area contributed by atoms with E-state index in [1.54, 1.807) is 6.20 Å². The number of carboxylic acid groups (broad SMARTS) is 1. The molecule has 2 bridgehead atoms. The summed E-state index contributed by atoms with van der Waals surface area (Å²) in [4.78, 5) is 31.3. The topological polar surface area (TPSA) is 89.0 Å². The van der Waals surface area contributed by atoms with E-state index >= 15 is 0 Å². The van der Waals surface area contributed by atoms with Gasteiger partial charge in [0.05, 0.1) is 0 Å². The summed E-state index contributed by atoms with van der Waals surface area (Å²) in [6.45, 7) is -0.136. The van der Waals surface area contributed by atoms with Crippen LogP contribution in [0.3, 0.4) is 0 Å². The maximum Gasteiger partial charge on any atom is 0.410 e. The quantitative estimate of drug-likeness (QED) is 0.356. The molecule has 38 heavy (non-hydrogen) atoms. The Balaban J connectivity index is 1.23. The van der Waals surface area contributed by atoms with Crippen LogP contribution in [0.15, 0.2) is 71.5 Å². The number of amides is 1. The second-order valence-electron chi connectivity index (χ2n) is 10.4. The molecular weight excluding hydrogens is 548 g/mol. The number of aromatic nitrogens is 1. The number of benzene rings is 2. The van der Waals surface area contributed by atoms with Gasteiger partial charge in [0.25, 0.3) is 0 Å². The fourth-order valence-corrected chi connectivity index (χ4v) is 7.33. The van der Waals surface area contributed by atoms with Gasteiger partial charge in [0.15, 0.2) is 0 Å². The van der Waals surface area contributed by atoms with E-state index in [0.717, 1.165) is 24.8 Å². The monoisotopic (exact) mass is 576 g/mol. The number of hydrogen-bond acceptors (Lipinski definition) is 5. The molecule has 0 radical (unpaired) electrons. The largest absolute Gasteiger partial charge is 0.480 e. The number of carboxylic acids is 1. The molecule has 2 aliphatic heterocycles. The van der Waals surface area contributed by atoms with Crippen LogP contribution in [0.2, 0.25) is 0 Å². The summed E-state index contributed by atoms with van der Waals surface area (Å²) in [5, 5.41) is 9.39. The average Bonchev–Trinajstić information content (AvgIpc) is 3.24. The highest BCUT2D eigenvalue weighted by atomic mass is 79.9. The molecule has 1 amide bonds. The molecule has 2 fully saturated rings. The van der Waals surface area contributed by atoms with Gasteiger partial charge in [-0.2, -0.15) is 0 Å². The number of aliphatic carboxylic acids is 1. The number of carbonyl (C=O) groups is 2. The summed E-state index contributed by atoms with van der Waals surface area (Å²) in [5.74, 6) is -1.02. The summed E-state index contributed by atoms with van der Waals surface area (Å²) in [6.07, 6.45) is 5.00. The molecule has 6 rings (SSSR count). The van der Waals surface area contributed by atoms with Gasteiger partial charge >= 0.3 is 12.1 Å². The molecule has 7 nitrogen and oxygen atoms in total. The van der Waals surface area contributed by atoms with Crippen molar-refractivity contribution in [3.05, 3.63) is 88.2 Å². The van der Waals surface area contributed by atoms with Gasteiger partial charge in [0.1, 0.15) is 23.4 Å². The summed E-state index contributed by atoms with van der Waals surface area (Å²) in [5.41, 5.74) is 4.74. The van der Waals surface area contributed by atoms with E-state index in [9.17, 15) is 14.7 Å². The van der Waals surface area contributed by atoms with E-state index in [1.807, 2.05) is 41.3 Å². The van der Waals surface area contributed by atoms with E-state index < -0.39 is 18.2 Å². The third-order valence-electron chi connectivity index (χ3n) is 8.26. The lowest BCUT2D eigenvalue weighted by Gasteiger charge is -2.53. The average molecular weight is 577 g/mol. The Morgan fingerprint density at radius 3 is 2.21 bits per heavy atom. The van der Waals surface area contributed by atoms with E-state index in [2.05, 4.69) is 45.2 Å². The van der Waals surface area contributed by atoms with Crippen molar-refractivity contribution in [1.82, 2.24) is 9.88 Å². The Labute approximate surface area is 229 Å². The smallest absolute Gasteiger partial charge is 0.410 e.